The van der Waals surface area contributed by atoms with E-state index >= 15 is 0 Å². The number of hydrogen-bond acceptors (Lipinski definition) is 0. The molecular weight excluding hydrogens is 324 g/mol. The van der Waals surface area contributed by atoms with Crippen molar-refractivity contribution in [1.29, 1.82) is 0 Å². The summed E-state index contributed by atoms with van der Waals surface area (Å²) in [7, 11) is 0. The van der Waals surface area contributed by atoms with Gasteiger partial charge in [0.25, 0.3) is 0 Å². The summed E-state index contributed by atoms with van der Waals surface area (Å²) >= 11 is 0. The first-order valence-corrected chi connectivity index (χ1v) is 10.9. The van der Waals surface area contributed by atoms with Gasteiger partial charge >= 0.3 is 0 Å². The standard InChI is InChI=1S/C27H34/c1-3-7-23-12-14-25(15-13-23)20-21-26-18-16-24(17-19-26)11-10-22(2)27-8-5-4-6-9-27/h4-6,8-9,16-19,22-23,25H,3,7,12-15,20-21H2,1-2H3. The van der Waals surface area contributed by atoms with Crippen LogP contribution in [0, 0.1) is 23.7 Å². The smallest absolute Gasteiger partial charge is 0.0427 e. The molecule has 1 unspecified atom stereocenters. The maximum absolute atomic E-state index is 3.38. The van der Waals surface area contributed by atoms with Crippen LogP contribution in [0.15, 0.2) is 54.6 Å². The van der Waals surface area contributed by atoms with Gasteiger partial charge in [0.15, 0.2) is 0 Å². The summed E-state index contributed by atoms with van der Waals surface area (Å²) in [4.78, 5) is 0. The molecule has 0 saturated heterocycles. The maximum atomic E-state index is 3.38. The Bertz CT molecular complexity index is 721. The number of rotatable bonds is 6. The number of aryl methyl sites for hydroxylation is 1. The third kappa shape index (κ3) is 6.28. The van der Waals surface area contributed by atoms with Crippen LogP contribution in [0.1, 0.15) is 81.4 Å². The SMILES string of the molecule is CCCC1CCC(CCc2ccc(C#CC(C)c3ccccc3)cc2)CC1. The molecule has 0 heteroatoms. The van der Waals surface area contributed by atoms with E-state index in [-0.39, 0.29) is 5.92 Å². The first-order chi connectivity index (χ1) is 13.2. The maximum Gasteiger partial charge on any atom is 0.0427 e. The first kappa shape index (κ1) is 19.8. The lowest BCUT2D eigenvalue weighted by Crippen LogP contribution is -2.15. The summed E-state index contributed by atoms with van der Waals surface area (Å²) < 4.78 is 0. The molecule has 0 spiro atoms. The average Bonchev–Trinajstić information content (AvgIpc) is 2.73. The molecule has 0 N–H and O–H groups in total. The predicted molar refractivity (Wildman–Crippen MR) is 117 cm³/mol. The van der Waals surface area contributed by atoms with E-state index in [1.165, 1.54) is 62.5 Å². The van der Waals surface area contributed by atoms with Gasteiger partial charge in [-0.05, 0) is 54.9 Å². The number of benzene rings is 2. The van der Waals surface area contributed by atoms with E-state index < -0.39 is 0 Å². The van der Waals surface area contributed by atoms with Crippen molar-refractivity contribution in [2.24, 2.45) is 11.8 Å². The lowest BCUT2D eigenvalue weighted by atomic mass is 9.78. The Morgan fingerprint density at radius 3 is 2.11 bits per heavy atom. The minimum absolute atomic E-state index is 0.272. The molecule has 1 aliphatic rings. The highest BCUT2D eigenvalue weighted by Gasteiger charge is 2.20. The van der Waals surface area contributed by atoms with E-state index in [4.69, 9.17) is 0 Å². The van der Waals surface area contributed by atoms with Crippen molar-refractivity contribution in [2.45, 2.75) is 71.1 Å². The molecule has 1 fully saturated rings. The van der Waals surface area contributed by atoms with Crippen molar-refractivity contribution < 1.29 is 0 Å². The lowest BCUT2D eigenvalue weighted by molar-refractivity contribution is 0.252. The third-order valence-corrected chi connectivity index (χ3v) is 6.19. The first-order valence-electron chi connectivity index (χ1n) is 10.9. The summed E-state index contributed by atoms with van der Waals surface area (Å²) in [6.07, 6.45) is 11.2. The Balaban J connectivity index is 1.46. The Morgan fingerprint density at radius 2 is 1.48 bits per heavy atom. The fourth-order valence-corrected chi connectivity index (χ4v) is 4.36. The van der Waals surface area contributed by atoms with E-state index in [0.717, 1.165) is 17.4 Å². The molecule has 1 saturated carbocycles. The fourth-order valence-electron chi connectivity index (χ4n) is 4.36. The molecule has 0 bridgehead atoms. The third-order valence-electron chi connectivity index (χ3n) is 6.19. The van der Waals surface area contributed by atoms with Crippen LogP contribution in [-0.2, 0) is 6.42 Å². The molecule has 0 nitrogen and oxygen atoms in total. The van der Waals surface area contributed by atoms with Gasteiger partial charge in [-0.25, -0.2) is 0 Å². The molecule has 0 heterocycles. The van der Waals surface area contributed by atoms with Gasteiger partial charge in [-0.2, -0.15) is 0 Å². The molecule has 142 valence electrons. The lowest BCUT2D eigenvalue weighted by Gasteiger charge is -2.28. The van der Waals surface area contributed by atoms with E-state index in [1.54, 1.807) is 0 Å². The zero-order chi connectivity index (χ0) is 18.9. The van der Waals surface area contributed by atoms with Crippen LogP contribution in [-0.4, -0.2) is 0 Å². The van der Waals surface area contributed by atoms with E-state index in [0.29, 0.717) is 0 Å². The normalized spacial score (nSPS) is 20.5. The van der Waals surface area contributed by atoms with Gasteiger partial charge < -0.3 is 0 Å². The Morgan fingerprint density at radius 1 is 0.852 bits per heavy atom. The summed E-state index contributed by atoms with van der Waals surface area (Å²) in [6.45, 7) is 4.49. The van der Waals surface area contributed by atoms with Crippen molar-refractivity contribution >= 4 is 0 Å². The molecule has 2 aromatic carbocycles. The molecule has 0 aliphatic heterocycles. The Hall–Kier alpha value is -2.00. The van der Waals surface area contributed by atoms with Crippen LogP contribution in [0.25, 0.3) is 0 Å². The average molecular weight is 359 g/mol. The van der Waals surface area contributed by atoms with Gasteiger partial charge in [-0.1, -0.05) is 99.8 Å². The second-order valence-corrected chi connectivity index (χ2v) is 8.31. The molecule has 1 aliphatic carbocycles. The summed E-state index contributed by atoms with van der Waals surface area (Å²) in [5, 5.41) is 0. The largest absolute Gasteiger partial charge is 0.0900 e. The Kier molecular flexibility index (Phi) is 7.58. The van der Waals surface area contributed by atoms with Crippen molar-refractivity contribution in [2.75, 3.05) is 0 Å². The molecule has 2 aromatic rings. The fraction of sp³-hybridized carbons (Fsp3) is 0.481. The highest BCUT2D eigenvalue weighted by atomic mass is 14.3. The molecule has 3 rings (SSSR count). The van der Waals surface area contributed by atoms with E-state index in [1.807, 2.05) is 0 Å². The zero-order valence-electron chi connectivity index (χ0n) is 17.1. The molecule has 1 atom stereocenters. The van der Waals surface area contributed by atoms with Crippen LogP contribution in [0.4, 0.5) is 0 Å². The Labute approximate surface area is 166 Å². The molecule has 0 radical (unpaired) electrons. The van der Waals surface area contributed by atoms with Gasteiger partial charge in [0.1, 0.15) is 0 Å². The second-order valence-electron chi connectivity index (χ2n) is 8.31. The zero-order valence-corrected chi connectivity index (χ0v) is 17.1. The molecule has 27 heavy (non-hydrogen) atoms. The van der Waals surface area contributed by atoms with Crippen molar-refractivity contribution in [3.8, 4) is 11.8 Å². The van der Waals surface area contributed by atoms with Crippen LogP contribution in [0.3, 0.4) is 0 Å². The van der Waals surface area contributed by atoms with E-state index in [9.17, 15) is 0 Å². The van der Waals surface area contributed by atoms with Gasteiger partial charge in [-0.15, -0.1) is 0 Å². The van der Waals surface area contributed by atoms with Crippen LogP contribution >= 0.6 is 0 Å². The molecular formula is C27H34. The second kappa shape index (κ2) is 10.4. The summed E-state index contributed by atoms with van der Waals surface area (Å²) in [5.74, 6) is 8.96. The van der Waals surface area contributed by atoms with Crippen LogP contribution in [0.2, 0.25) is 0 Å². The van der Waals surface area contributed by atoms with Crippen molar-refractivity contribution in [1.82, 2.24) is 0 Å². The predicted octanol–water partition coefficient (Wildman–Crippen LogP) is 7.38. The van der Waals surface area contributed by atoms with Gasteiger partial charge in [-0.3, -0.25) is 0 Å². The van der Waals surface area contributed by atoms with Gasteiger partial charge in [0.05, 0.1) is 0 Å². The van der Waals surface area contributed by atoms with Crippen LogP contribution < -0.4 is 0 Å². The monoisotopic (exact) mass is 358 g/mol. The van der Waals surface area contributed by atoms with Crippen molar-refractivity contribution in [3.63, 3.8) is 0 Å². The summed E-state index contributed by atoms with van der Waals surface area (Å²) in [6, 6.07) is 19.5. The quantitative estimate of drug-likeness (QED) is 0.472. The minimum Gasteiger partial charge on any atom is -0.0900 e. The minimum atomic E-state index is 0.272. The van der Waals surface area contributed by atoms with E-state index in [2.05, 4.69) is 80.3 Å². The highest BCUT2D eigenvalue weighted by Crippen LogP contribution is 2.33. The van der Waals surface area contributed by atoms with Gasteiger partial charge in [0.2, 0.25) is 0 Å². The molecule has 0 aromatic heterocycles. The molecule has 0 amide bonds. The van der Waals surface area contributed by atoms with Crippen molar-refractivity contribution in [3.05, 3.63) is 71.3 Å². The summed E-state index contributed by atoms with van der Waals surface area (Å²) in [5.41, 5.74) is 3.88. The number of hydrogen-bond donors (Lipinski definition) is 0. The topological polar surface area (TPSA) is 0 Å². The van der Waals surface area contributed by atoms with Gasteiger partial charge in [0, 0.05) is 11.5 Å². The van der Waals surface area contributed by atoms with Crippen LogP contribution in [0.5, 0.6) is 0 Å². The highest BCUT2D eigenvalue weighted by molar-refractivity contribution is 5.39.